The molecule has 0 unspecified atom stereocenters. The standard InChI is InChI=1S/C19H18N2O3S2/c1-23-16-9-7-14(8-10-16)20-19-21-15(12-26-19)11-24-18(22)13-25-17-5-3-2-4-6-17/h2-10,12H,11,13H2,1H3,(H,20,21). The molecule has 0 aliphatic carbocycles. The van der Waals surface area contributed by atoms with Crippen molar-refractivity contribution < 1.29 is 14.3 Å². The highest BCUT2D eigenvalue weighted by molar-refractivity contribution is 8.00. The van der Waals surface area contributed by atoms with Crippen molar-refractivity contribution in [3.8, 4) is 5.75 Å². The van der Waals surface area contributed by atoms with Crippen molar-refractivity contribution in [2.24, 2.45) is 0 Å². The van der Waals surface area contributed by atoms with E-state index < -0.39 is 0 Å². The van der Waals surface area contributed by atoms with Gasteiger partial charge in [0.25, 0.3) is 0 Å². The Morgan fingerprint density at radius 2 is 1.92 bits per heavy atom. The van der Waals surface area contributed by atoms with Gasteiger partial charge in [0.15, 0.2) is 5.13 Å². The van der Waals surface area contributed by atoms with Gasteiger partial charge in [-0.3, -0.25) is 4.79 Å². The quantitative estimate of drug-likeness (QED) is 0.446. The smallest absolute Gasteiger partial charge is 0.316 e. The van der Waals surface area contributed by atoms with Crippen LogP contribution in [-0.4, -0.2) is 23.8 Å². The monoisotopic (exact) mass is 386 g/mol. The Balaban J connectivity index is 1.45. The molecule has 7 heteroatoms. The van der Waals surface area contributed by atoms with Gasteiger partial charge in [0.05, 0.1) is 18.6 Å². The van der Waals surface area contributed by atoms with Crippen LogP contribution in [0.4, 0.5) is 10.8 Å². The second-order valence-electron chi connectivity index (χ2n) is 5.26. The predicted octanol–water partition coefficient (Wildman–Crippen LogP) is 4.73. The van der Waals surface area contributed by atoms with E-state index in [2.05, 4.69) is 10.3 Å². The summed E-state index contributed by atoms with van der Waals surface area (Å²) < 4.78 is 10.4. The van der Waals surface area contributed by atoms with Crippen molar-refractivity contribution >= 4 is 39.9 Å². The molecule has 2 aromatic carbocycles. The van der Waals surface area contributed by atoms with E-state index in [-0.39, 0.29) is 18.3 Å². The molecule has 0 atom stereocenters. The van der Waals surface area contributed by atoms with Gasteiger partial charge < -0.3 is 14.8 Å². The van der Waals surface area contributed by atoms with Crippen molar-refractivity contribution in [3.63, 3.8) is 0 Å². The number of thioether (sulfide) groups is 1. The zero-order valence-electron chi connectivity index (χ0n) is 14.2. The summed E-state index contributed by atoms with van der Waals surface area (Å²) in [6.07, 6.45) is 0. The van der Waals surface area contributed by atoms with Crippen molar-refractivity contribution in [2.75, 3.05) is 18.2 Å². The molecule has 0 saturated carbocycles. The first-order chi connectivity index (χ1) is 12.7. The van der Waals surface area contributed by atoms with Crippen LogP contribution in [0.25, 0.3) is 0 Å². The molecule has 5 nitrogen and oxygen atoms in total. The van der Waals surface area contributed by atoms with Crippen LogP contribution in [0.5, 0.6) is 5.75 Å². The number of hydrogen-bond donors (Lipinski definition) is 1. The lowest BCUT2D eigenvalue weighted by molar-refractivity contribution is -0.141. The average molecular weight is 386 g/mol. The number of nitrogens with zero attached hydrogens (tertiary/aromatic N) is 1. The van der Waals surface area contributed by atoms with E-state index in [0.717, 1.165) is 27.2 Å². The molecule has 26 heavy (non-hydrogen) atoms. The Kier molecular flexibility index (Phi) is 6.51. The van der Waals surface area contributed by atoms with Gasteiger partial charge in [-0.05, 0) is 36.4 Å². The van der Waals surface area contributed by atoms with Crippen LogP contribution < -0.4 is 10.1 Å². The number of esters is 1. The highest BCUT2D eigenvalue weighted by atomic mass is 32.2. The number of benzene rings is 2. The van der Waals surface area contributed by atoms with E-state index in [1.54, 1.807) is 7.11 Å². The van der Waals surface area contributed by atoms with Gasteiger partial charge in [-0.25, -0.2) is 4.98 Å². The Hall–Kier alpha value is -2.51. The summed E-state index contributed by atoms with van der Waals surface area (Å²) in [5.41, 5.74) is 1.65. The number of carbonyl (C=O) groups is 1. The summed E-state index contributed by atoms with van der Waals surface area (Å²) in [6.45, 7) is 0.176. The van der Waals surface area contributed by atoms with Crippen LogP contribution in [0.1, 0.15) is 5.69 Å². The van der Waals surface area contributed by atoms with Crippen molar-refractivity contribution in [1.82, 2.24) is 4.98 Å². The maximum absolute atomic E-state index is 11.9. The van der Waals surface area contributed by atoms with E-state index in [0.29, 0.717) is 0 Å². The fourth-order valence-corrected chi connectivity index (χ4v) is 3.52. The average Bonchev–Trinajstić information content (AvgIpc) is 3.13. The number of rotatable bonds is 8. The van der Waals surface area contributed by atoms with Crippen molar-refractivity contribution in [2.45, 2.75) is 11.5 Å². The van der Waals surface area contributed by atoms with E-state index in [4.69, 9.17) is 9.47 Å². The third-order valence-electron chi connectivity index (χ3n) is 3.37. The van der Waals surface area contributed by atoms with E-state index in [1.165, 1.54) is 23.1 Å². The van der Waals surface area contributed by atoms with Crippen LogP contribution in [0.15, 0.2) is 64.9 Å². The molecule has 1 aromatic heterocycles. The molecule has 0 amide bonds. The van der Waals surface area contributed by atoms with Crippen molar-refractivity contribution in [3.05, 3.63) is 65.7 Å². The summed E-state index contributed by atoms with van der Waals surface area (Å²) in [5, 5.41) is 5.85. The first-order valence-electron chi connectivity index (χ1n) is 7.92. The fourth-order valence-electron chi connectivity index (χ4n) is 2.08. The van der Waals surface area contributed by atoms with Gasteiger partial charge in [-0.15, -0.1) is 23.1 Å². The highest BCUT2D eigenvalue weighted by Crippen LogP contribution is 2.23. The lowest BCUT2D eigenvalue weighted by Crippen LogP contribution is -2.07. The van der Waals surface area contributed by atoms with Gasteiger partial charge in [-0.1, -0.05) is 18.2 Å². The van der Waals surface area contributed by atoms with E-state index in [9.17, 15) is 4.79 Å². The van der Waals surface area contributed by atoms with Crippen LogP contribution in [0, 0.1) is 0 Å². The minimum atomic E-state index is -0.253. The summed E-state index contributed by atoms with van der Waals surface area (Å²) in [5.74, 6) is 0.831. The molecule has 0 radical (unpaired) electrons. The number of aromatic nitrogens is 1. The zero-order chi connectivity index (χ0) is 18.2. The first kappa shape index (κ1) is 18.3. The van der Waals surface area contributed by atoms with Crippen LogP contribution >= 0.6 is 23.1 Å². The van der Waals surface area contributed by atoms with Gasteiger partial charge in [0.1, 0.15) is 12.4 Å². The molecule has 3 rings (SSSR count). The maximum atomic E-state index is 11.9. The van der Waals surface area contributed by atoms with Crippen LogP contribution in [0.3, 0.4) is 0 Å². The van der Waals surface area contributed by atoms with Gasteiger partial charge >= 0.3 is 5.97 Å². The molecule has 0 saturated heterocycles. The molecule has 0 aliphatic rings. The molecular weight excluding hydrogens is 368 g/mol. The van der Waals surface area contributed by atoms with E-state index in [1.807, 2.05) is 60.0 Å². The van der Waals surface area contributed by atoms with Gasteiger partial charge in [0, 0.05) is 16.0 Å². The van der Waals surface area contributed by atoms with Gasteiger partial charge in [-0.2, -0.15) is 0 Å². The third-order valence-corrected chi connectivity index (χ3v) is 5.17. The predicted molar refractivity (Wildman–Crippen MR) is 105 cm³/mol. The number of ether oxygens (including phenoxy) is 2. The second-order valence-corrected chi connectivity index (χ2v) is 7.17. The molecule has 134 valence electrons. The summed E-state index contributed by atoms with van der Waals surface area (Å²) in [4.78, 5) is 17.3. The molecular formula is C19H18N2O3S2. The number of thiazole rings is 1. The topological polar surface area (TPSA) is 60.4 Å². The largest absolute Gasteiger partial charge is 0.497 e. The first-order valence-corrected chi connectivity index (χ1v) is 9.78. The molecule has 0 spiro atoms. The van der Waals surface area contributed by atoms with Crippen LogP contribution in [0.2, 0.25) is 0 Å². The van der Waals surface area contributed by atoms with Crippen LogP contribution in [-0.2, 0) is 16.1 Å². The number of anilines is 2. The molecule has 0 bridgehead atoms. The summed E-state index contributed by atoms with van der Waals surface area (Å²) >= 11 is 2.92. The Bertz CT molecular complexity index is 836. The number of methoxy groups -OCH3 is 1. The lowest BCUT2D eigenvalue weighted by Gasteiger charge is -2.04. The molecule has 1 heterocycles. The zero-order valence-corrected chi connectivity index (χ0v) is 15.8. The SMILES string of the molecule is COc1ccc(Nc2nc(COC(=O)CSc3ccccc3)cs2)cc1. The molecule has 0 fully saturated rings. The summed E-state index contributed by atoms with van der Waals surface area (Å²) in [7, 11) is 1.63. The number of nitrogens with one attached hydrogen (secondary N) is 1. The number of hydrogen-bond acceptors (Lipinski definition) is 7. The maximum Gasteiger partial charge on any atom is 0.316 e. The second kappa shape index (κ2) is 9.26. The van der Waals surface area contributed by atoms with E-state index >= 15 is 0 Å². The third kappa shape index (κ3) is 5.50. The molecule has 3 aromatic rings. The Labute approximate surface area is 160 Å². The normalized spacial score (nSPS) is 10.3. The van der Waals surface area contributed by atoms with Crippen molar-refractivity contribution in [1.29, 1.82) is 0 Å². The number of carbonyl (C=O) groups excluding carboxylic acids is 1. The Morgan fingerprint density at radius 3 is 2.65 bits per heavy atom. The highest BCUT2D eigenvalue weighted by Gasteiger charge is 2.08. The summed E-state index contributed by atoms with van der Waals surface area (Å²) in [6, 6.07) is 17.4. The fraction of sp³-hybridized carbons (Fsp3) is 0.158. The minimum Gasteiger partial charge on any atom is -0.497 e. The Morgan fingerprint density at radius 1 is 1.15 bits per heavy atom. The minimum absolute atomic E-state index is 0.176. The lowest BCUT2D eigenvalue weighted by atomic mass is 10.3. The molecule has 0 aliphatic heterocycles. The van der Waals surface area contributed by atoms with Gasteiger partial charge in [0.2, 0.25) is 0 Å². The molecule has 1 N–H and O–H groups in total.